The summed E-state index contributed by atoms with van der Waals surface area (Å²) < 4.78 is 40.7. The number of ether oxygens (including phenoxy) is 4. The van der Waals surface area contributed by atoms with Crippen molar-refractivity contribution in [2.24, 2.45) is 5.73 Å². The number of carbonyl (C=O) groups excluding carboxylic acids is 15. The summed E-state index contributed by atoms with van der Waals surface area (Å²) in [6.45, 7) is -3.46. The van der Waals surface area contributed by atoms with Gasteiger partial charge in [0.15, 0.2) is 22.6 Å². The number of hydrogen-bond donors (Lipinski definition) is 13. The van der Waals surface area contributed by atoms with Crippen molar-refractivity contribution in [2.45, 2.75) is 56.4 Å². The van der Waals surface area contributed by atoms with Gasteiger partial charge < -0.3 is 87.7 Å². The van der Waals surface area contributed by atoms with E-state index in [2.05, 4.69) is 58.5 Å². The maximum absolute atomic E-state index is 12.2. The Kier molecular flexibility index (Phi) is 32.4. The number of hydrogen-bond acceptors (Lipinski definition) is 20. The molecule has 1 aliphatic rings. The number of Topliss-reactive ketones (excluding diaryl/α,β-unsaturated/α-hetero) is 2. The fourth-order valence-electron chi connectivity index (χ4n) is 5.36. The Morgan fingerprint density at radius 2 is 0.878 bits per heavy atom. The van der Waals surface area contributed by atoms with Gasteiger partial charge in [-0.3, -0.25) is 71.9 Å². The first-order chi connectivity index (χ1) is 35.1. The van der Waals surface area contributed by atoms with Crippen LogP contribution in [0.25, 0.3) is 0 Å². The fraction of sp³-hybridized carbons (Fsp3) is 0.625. The third-order valence-corrected chi connectivity index (χ3v) is 9.98. The summed E-state index contributed by atoms with van der Waals surface area (Å²) in [4.78, 5) is 179. The van der Waals surface area contributed by atoms with Crippen LogP contribution >= 0.6 is 0 Å². The van der Waals surface area contributed by atoms with Crippen LogP contribution in [0.3, 0.4) is 0 Å². The van der Waals surface area contributed by atoms with Crippen LogP contribution in [-0.4, -0.2) is 220 Å². The molecule has 0 aromatic rings. The molecule has 1 fully saturated rings. The molecule has 1 rings (SSSR count). The highest BCUT2D eigenvalue weighted by atomic mass is 32.2. The molecule has 0 spiro atoms. The van der Waals surface area contributed by atoms with Gasteiger partial charge in [-0.1, -0.05) is 13.3 Å². The van der Waals surface area contributed by atoms with Crippen LogP contribution in [-0.2, 0) is 102 Å². The van der Waals surface area contributed by atoms with Crippen molar-refractivity contribution in [3.8, 4) is 0 Å². The van der Waals surface area contributed by atoms with E-state index in [-0.39, 0.29) is 58.9 Å². The summed E-state index contributed by atoms with van der Waals surface area (Å²) in [5, 5.41) is 23.1. The monoisotopic (exact) mass is 1080 g/mol. The van der Waals surface area contributed by atoms with Crippen LogP contribution in [0, 0.1) is 0 Å². The Morgan fingerprint density at radius 1 is 0.527 bits per heavy atom. The Morgan fingerprint density at radius 3 is 1.23 bits per heavy atom. The number of primary amides is 1. The van der Waals surface area contributed by atoms with Crippen molar-refractivity contribution in [1.29, 1.82) is 0 Å². The smallest absolute Gasteiger partial charge is 0.309 e. The molecular weight excluding hydrogens is 1020 g/mol. The number of nitrogens with one attached hydrogen (secondary N) is 11. The van der Waals surface area contributed by atoms with Crippen molar-refractivity contribution >= 4 is 99.5 Å². The van der Waals surface area contributed by atoms with Crippen LogP contribution in [0.15, 0.2) is 0 Å². The number of nitrogens with two attached hydrogens (primary N) is 1. The second kappa shape index (κ2) is 37.2. The highest BCUT2D eigenvalue weighted by Gasteiger charge is 2.46. The third kappa shape index (κ3) is 31.0. The molecular formula is C40H62N12O21S. The first-order valence-corrected chi connectivity index (χ1v) is 23.6. The van der Waals surface area contributed by atoms with Gasteiger partial charge in [0.1, 0.15) is 11.3 Å². The van der Waals surface area contributed by atoms with Gasteiger partial charge in [-0.05, 0) is 6.42 Å². The first kappa shape index (κ1) is 64.5. The predicted molar refractivity (Wildman–Crippen MR) is 247 cm³/mol. The van der Waals surface area contributed by atoms with Gasteiger partial charge in [0.05, 0.1) is 112 Å². The zero-order valence-electron chi connectivity index (χ0n) is 40.2. The molecule has 12 amide bonds. The van der Waals surface area contributed by atoms with Crippen molar-refractivity contribution in [1.82, 2.24) is 58.5 Å². The van der Waals surface area contributed by atoms with E-state index in [4.69, 9.17) is 29.2 Å². The van der Waals surface area contributed by atoms with Gasteiger partial charge in [-0.25, -0.2) is 4.21 Å². The summed E-state index contributed by atoms with van der Waals surface area (Å²) in [6.07, 6.45) is -1.82. The highest BCUT2D eigenvalue weighted by molar-refractivity contribution is 7.80. The minimum Gasteiger partial charge on any atom is -0.446 e. The van der Waals surface area contributed by atoms with E-state index in [1.807, 2.05) is 0 Å². The molecule has 4 unspecified atom stereocenters. The van der Waals surface area contributed by atoms with Gasteiger partial charge in [0.25, 0.3) is 0 Å². The summed E-state index contributed by atoms with van der Waals surface area (Å²) in [5.41, 5.74) is 4.99. The molecule has 1 aliphatic carbocycles. The second-order valence-corrected chi connectivity index (χ2v) is 16.2. The maximum Gasteiger partial charge on any atom is 0.309 e. The van der Waals surface area contributed by atoms with E-state index in [1.54, 1.807) is 6.92 Å². The van der Waals surface area contributed by atoms with E-state index in [0.29, 0.717) is 6.42 Å². The minimum absolute atomic E-state index is 0.0124. The van der Waals surface area contributed by atoms with E-state index in [0.717, 1.165) is 0 Å². The summed E-state index contributed by atoms with van der Waals surface area (Å²) >= 11 is -2.55. The number of ketones is 2. The standard InChI is InChI=1S/C40H62N12O21S/c1-2-3-23(40(67)51-13-26(41)54)52-36(64)22-50-35(63)21-49-34(62)20-48-33(61)19-47-32(60)18-46-31(59)17-45-30(58)16-44-29(57)15-43-28(56)14-42-27(55)4-6-70-8-10-72-11-9-71-7-5-37(65)73-39-24(53)12-25(38(39)66)74(68)69/h23,25,39H,2-22H2,1H3,(H2,41,54)(H,42,55)(H,43,56)(H,44,57)(H,45,58)(H,46,59)(H,47,60)(H,48,61)(H,49,62)(H,50,63)(H,51,67)(H,52,64)(H,68,69). The molecule has 33 nitrogen and oxygen atoms in total. The van der Waals surface area contributed by atoms with Crippen molar-refractivity contribution in [2.75, 3.05) is 105 Å². The molecule has 4 atom stereocenters. The number of rotatable bonds is 38. The van der Waals surface area contributed by atoms with Crippen LogP contribution in [0.1, 0.15) is 39.0 Å². The molecule has 0 bridgehead atoms. The summed E-state index contributed by atoms with van der Waals surface area (Å²) in [5.74, 6) is -11.6. The van der Waals surface area contributed by atoms with Crippen LogP contribution in [0.2, 0.25) is 0 Å². The van der Waals surface area contributed by atoms with Gasteiger partial charge in [-0.2, -0.15) is 0 Å². The molecule has 0 radical (unpaired) electrons. The predicted octanol–water partition coefficient (Wildman–Crippen LogP) is -10.2. The number of amides is 12. The topological polar surface area (TPSA) is 489 Å². The molecule has 0 heterocycles. The number of esters is 1. The van der Waals surface area contributed by atoms with E-state index < -0.39 is 189 Å². The van der Waals surface area contributed by atoms with Crippen molar-refractivity contribution < 1.29 is 99.6 Å². The number of carbonyl (C=O) groups is 15. The SMILES string of the molecule is CCCC(NC(=O)CNC(=O)CNC(=O)CNC(=O)CNC(=O)CNC(=O)CNC(=O)CNC(=O)CNC(=O)CNC(=O)CCOCCOCCOCCC(=O)OC1C(=O)CC(S(=O)O)C1=O)C(=O)NCC(N)=O. The quantitative estimate of drug-likeness (QED) is 0.0118. The molecule has 34 heteroatoms. The lowest BCUT2D eigenvalue weighted by atomic mass is 10.1. The molecule has 74 heavy (non-hydrogen) atoms. The molecule has 414 valence electrons. The second-order valence-electron chi connectivity index (χ2n) is 15.1. The van der Waals surface area contributed by atoms with E-state index in [9.17, 15) is 76.1 Å². The largest absolute Gasteiger partial charge is 0.446 e. The van der Waals surface area contributed by atoms with E-state index in [1.165, 1.54) is 0 Å². The van der Waals surface area contributed by atoms with Gasteiger partial charge in [-0.15, -0.1) is 0 Å². The Labute approximate surface area is 424 Å². The van der Waals surface area contributed by atoms with Gasteiger partial charge in [0, 0.05) is 12.8 Å². The van der Waals surface area contributed by atoms with Gasteiger partial charge >= 0.3 is 5.97 Å². The summed E-state index contributed by atoms with van der Waals surface area (Å²) in [7, 11) is 0. The van der Waals surface area contributed by atoms with Crippen molar-refractivity contribution in [3.63, 3.8) is 0 Å². The zero-order valence-corrected chi connectivity index (χ0v) is 41.0. The maximum atomic E-state index is 12.2. The summed E-state index contributed by atoms with van der Waals surface area (Å²) in [6, 6.07) is -0.979. The molecule has 0 saturated heterocycles. The average Bonchev–Trinajstić information content (AvgIpc) is 3.64. The third-order valence-electron chi connectivity index (χ3n) is 9.10. The average molecular weight is 1080 g/mol. The lowest BCUT2D eigenvalue weighted by Gasteiger charge is -2.17. The van der Waals surface area contributed by atoms with Crippen molar-refractivity contribution in [3.05, 3.63) is 0 Å². The molecule has 0 aromatic heterocycles. The molecule has 14 N–H and O–H groups in total. The Hall–Kier alpha value is -7.56. The first-order valence-electron chi connectivity index (χ1n) is 22.5. The molecule has 1 saturated carbocycles. The Bertz CT molecular complexity index is 2060. The van der Waals surface area contributed by atoms with Crippen LogP contribution in [0.4, 0.5) is 0 Å². The van der Waals surface area contributed by atoms with Crippen LogP contribution in [0.5, 0.6) is 0 Å². The Balaban J connectivity index is 2.05. The normalized spacial score (nSPS) is 14.4. The zero-order chi connectivity index (χ0) is 55.4. The minimum atomic E-state index is -2.55. The molecule has 0 aromatic carbocycles. The lowest BCUT2D eigenvalue weighted by molar-refractivity contribution is -0.158. The van der Waals surface area contributed by atoms with Crippen LogP contribution < -0.4 is 64.2 Å². The fourth-order valence-corrected chi connectivity index (χ4v) is 5.99. The van der Waals surface area contributed by atoms with E-state index >= 15 is 0 Å². The lowest BCUT2D eigenvalue weighted by Crippen LogP contribution is -2.51. The highest BCUT2D eigenvalue weighted by Crippen LogP contribution is 2.19. The molecule has 0 aliphatic heterocycles. The van der Waals surface area contributed by atoms with Gasteiger partial charge in [0.2, 0.25) is 77.0 Å².